The molecule has 1 aromatic carbocycles. The van der Waals surface area contributed by atoms with E-state index in [0.717, 1.165) is 17.7 Å². The molecule has 0 bridgehead atoms. The first-order valence-corrected chi connectivity index (χ1v) is 6.83. The molecule has 0 aliphatic rings. The van der Waals surface area contributed by atoms with E-state index < -0.39 is 11.6 Å². The first-order chi connectivity index (χ1) is 10.5. The quantitative estimate of drug-likeness (QED) is 0.693. The van der Waals surface area contributed by atoms with E-state index in [9.17, 15) is 8.78 Å². The number of aromatic nitrogens is 2. The largest absolute Gasteiger partial charge is 0.352 e. The molecule has 0 aliphatic heterocycles. The van der Waals surface area contributed by atoms with Gasteiger partial charge in [0.2, 0.25) is 0 Å². The van der Waals surface area contributed by atoms with Crippen molar-refractivity contribution in [3.63, 3.8) is 0 Å². The fourth-order valence-electron chi connectivity index (χ4n) is 2.14. The lowest BCUT2D eigenvalue weighted by Crippen LogP contribution is -2.38. The van der Waals surface area contributed by atoms with Gasteiger partial charge < -0.3 is 10.2 Å². The van der Waals surface area contributed by atoms with E-state index in [-0.39, 0.29) is 12.1 Å². The van der Waals surface area contributed by atoms with Gasteiger partial charge >= 0.3 is 0 Å². The molecule has 1 aromatic heterocycles. The zero-order valence-corrected chi connectivity index (χ0v) is 12.8. The van der Waals surface area contributed by atoms with E-state index >= 15 is 0 Å². The lowest BCUT2D eigenvalue weighted by atomic mass is 10.2. The molecule has 0 atom stereocenters. The van der Waals surface area contributed by atoms with Crippen LogP contribution in [0.2, 0.25) is 0 Å². The average molecular weight is 307 g/mol. The summed E-state index contributed by atoms with van der Waals surface area (Å²) in [6, 6.07) is 3.40. The Morgan fingerprint density at radius 2 is 2.18 bits per heavy atom. The number of halogens is 2. The van der Waals surface area contributed by atoms with Crippen molar-refractivity contribution in [2.75, 3.05) is 14.1 Å². The third kappa shape index (κ3) is 4.03. The molecule has 22 heavy (non-hydrogen) atoms. The number of rotatable bonds is 4. The van der Waals surface area contributed by atoms with Crippen LogP contribution in [0.5, 0.6) is 0 Å². The maximum absolute atomic E-state index is 13.6. The first-order valence-electron chi connectivity index (χ1n) is 6.83. The molecule has 5 nitrogen and oxygen atoms in total. The second-order valence-corrected chi connectivity index (χ2v) is 5.01. The van der Waals surface area contributed by atoms with Crippen LogP contribution in [0.15, 0.2) is 35.6 Å². The zero-order valence-electron chi connectivity index (χ0n) is 12.8. The molecule has 2 aromatic rings. The molecular formula is C15H19F2N5. The van der Waals surface area contributed by atoms with Gasteiger partial charge in [-0.05, 0) is 18.2 Å². The maximum atomic E-state index is 13.6. The molecule has 2 rings (SSSR count). The van der Waals surface area contributed by atoms with E-state index in [4.69, 9.17) is 0 Å². The normalized spacial score (nSPS) is 11.6. The van der Waals surface area contributed by atoms with Crippen LogP contribution in [-0.4, -0.2) is 34.7 Å². The Morgan fingerprint density at radius 1 is 1.41 bits per heavy atom. The van der Waals surface area contributed by atoms with Gasteiger partial charge in [-0.2, -0.15) is 5.10 Å². The SMILES string of the molecule is CN=C(NCc1cc(F)ccc1F)N(C)Cc1cnn(C)c1. The summed E-state index contributed by atoms with van der Waals surface area (Å²) >= 11 is 0. The van der Waals surface area contributed by atoms with Gasteiger partial charge in [0.1, 0.15) is 11.6 Å². The fraction of sp³-hybridized carbons (Fsp3) is 0.333. The van der Waals surface area contributed by atoms with E-state index in [2.05, 4.69) is 15.4 Å². The number of nitrogens with zero attached hydrogens (tertiary/aromatic N) is 4. The van der Waals surface area contributed by atoms with Crippen molar-refractivity contribution < 1.29 is 8.78 Å². The predicted molar refractivity (Wildman–Crippen MR) is 81.2 cm³/mol. The van der Waals surface area contributed by atoms with Gasteiger partial charge in [-0.1, -0.05) is 0 Å². The monoisotopic (exact) mass is 307 g/mol. The van der Waals surface area contributed by atoms with Gasteiger partial charge in [0, 0.05) is 51.6 Å². The second-order valence-electron chi connectivity index (χ2n) is 5.01. The average Bonchev–Trinajstić information content (AvgIpc) is 2.88. The van der Waals surface area contributed by atoms with Gasteiger partial charge in [-0.25, -0.2) is 8.78 Å². The Labute approximate surface area is 128 Å². The van der Waals surface area contributed by atoms with Crippen molar-refractivity contribution >= 4 is 5.96 Å². The Morgan fingerprint density at radius 3 is 2.82 bits per heavy atom. The van der Waals surface area contributed by atoms with Crippen molar-refractivity contribution in [2.45, 2.75) is 13.1 Å². The smallest absolute Gasteiger partial charge is 0.193 e. The number of aliphatic imine (C=N–C) groups is 1. The predicted octanol–water partition coefficient (Wildman–Crippen LogP) is 1.91. The van der Waals surface area contributed by atoms with E-state index in [1.807, 2.05) is 25.2 Å². The Kier molecular flexibility index (Phi) is 5.08. The molecule has 1 heterocycles. The number of aryl methyl sites for hydroxylation is 1. The van der Waals surface area contributed by atoms with Crippen molar-refractivity contribution in [3.05, 3.63) is 53.4 Å². The van der Waals surface area contributed by atoms with Crippen molar-refractivity contribution in [1.29, 1.82) is 0 Å². The highest BCUT2D eigenvalue weighted by atomic mass is 19.1. The third-order valence-electron chi connectivity index (χ3n) is 3.20. The van der Waals surface area contributed by atoms with Crippen LogP contribution in [0, 0.1) is 11.6 Å². The Bertz CT molecular complexity index is 666. The summed E-state index contributed by atoms with van der Waals surface area (Å²) in [5.41, 5.74) is 1.29. The van der Waals surface area contributed by atoms with Crippen molar-refractivity contribution in [2.24, 2.45) is 12.0 Å². The van der Waals surface area contributed by atoms with Crippen LogP contribution in [0.4, 0.5) is 8.78 Å². The first kappa shape index (κ1) is 15.9. The molecule has 0 radical (unpaired) electrons. The number of guanidine groups is 1. The molecule has 0 fully saturated rings. The number of hydrogen-bond acceptors (Lipinski definition) is 2. The van der Waals surface area contributed by atoms with Gasteiger partial charge in [0.25, 0.3) is 0 Å². The van der Waals surface area contributed by atoms with Crippen molar-refractivity contribution in [3.8, 4) is 0 Å². The molecule has 0 unspecified atom stereocenters. The summed E-state index contributed by atoms with van der Waals surface area (Å²) in [4.78, 5) is 6.03. The third-order valence-corrected chi connectivity index (χ3v) is 3.20. The summed E-state index contributed by atoms with van der Waals surface area (Å²) in [5.74, 6) is -0.316. The van der Waals surface area contributed by atoms with Crippen LogP contribution in [-0.2, 0) is 20.1 Å². The molecule has 0 saturated carbocycles. The summed E-state index contributed by atoms with van der Waals surface area (Å²) in [6.07, 6.45) is 3.69. The van der Waals surface area contributed by atoms with E-state index in [0.29, 0.717) is 12.5 Å². The molecule has 0 spiro atoms. The van der Waals surface area contributed by atoms with Crippen LogP contribution < -0.4 is 5.32 Å². The van der Waals surface area contributed by atoms with Gasteiger partial charge in [0.15, 0.2) is 5.96 Å². The molecule has 0 saturated heterocycles. The van der Waals surface area contributed by atoms with Gasteiger partial charge in [0.05, 0.1) is 6.20 Å². The lowest BCUT2D eigenvalue weighted by Gasteiger charge is -2.21. The maximum Gasteiger partial charge on any atom is 0.193 e. The zero-order chi connectivity index (χ0) is 16.1. The molecule has 0 aliphatic carbocycles. The highest BCUT2D eigenvalue weighted by Crippen LogP contribution is 2.09. The minimum Gasteiger partial charge on any atom is -0.352 e. The Balaban J connectivity index is 1.98. The van der Waals surface area contributed by atoms with Crippen LogP contribution >= 0.6 is 0 Å². The highest BCUT2D eigenvalue weighted by molar-refractivity contribution is 5.79. The van der Waals surface area contributed by atoms with Gasteiger partial charge in [-0.3, -0.25) is 9.67 Å². The van der Waals surface area contributed by atoms with Crippen molar-refractivity contribution in [1.82, 2.24) is 20.0 Å². The summed E-state index contributed by atoms with van der Waals surface area (Å²) in [5, 5.41) is 7.13. The van der Waals surface area contributed by atoms with E-state index in [1.165, 1.54) is 6.07 Å². The van der Waals surface area contributed by atoms with E-state index in [1.54, 1.807) is 17.9 Å². The molecule has 118 valence electrons. The summed E-state index contributed by atoms with van der Waals surface area (Å²) in [6.45, 7) is 0.771. The number of nitrogens with one attached hydrogen (secondary N) is 1. The minimum atomic E-state index is -0.461. The van der Waals surface area contributed by atoms with Crippen LogP contribution in [0.25, 0.3) is 0 Å². The van der Waals surface area contributed by atoms with Crippen LogP contribution in [0.3, 0.4) is 0 Å². The summed E-state index contributed by atoms with van der Waals surface area (Å²) < 4.78 is 28.5. The molecule has 0 amide bonds. The highest BCUT2D eigenvalue weighted by Gasteiger charge is 2.09. The Hall–Kier alpha value is -2.44. The fourth-order valence-corrected chi connectivity index (χ4v) is 2.14. The minimum absolute atomic E-state index is 0.160. The molecular weight excluding hydrogens is 288 g/mol. The van der Waals surface area contributed by atoms with Crippen LogP contribution in [0.1, 0.15) is 11.1 Å². The lowest BCUT2D eigenvalue weighted by molar-refractivity contribution is 0.474. The van der Waals surface area contributed by atoms with Gasteiger partial charge in [-0.15, -0.1) is 0 Å². The molecule has 7 heteroatoms. The number of hydrogen-bond donors (Lipinski definition) is 1. The summed E-state index contributed by atoms with van der Waals surface area (Å²) in [7, 11) is 5.36. The number of benzene rings is 1. The standard InChI is InChI=1S/C15H19F2N5/c1-18-15(21(2)9-11-7-20-22(3)10-11)19-8-12-6-13(16)4-5-14(12)17/h4-7,10H,8-9H2,1-3H3,(H,18,19). The topological polar surface area (TPSA) is 45.5 Å². The molecule has 1 N–H and O–H groups in total. The second kappa shape index (κ2) is 7.02.